The van der Waals surface area contributed by atoms with Gasteiger partial charge in [0.2, 0.25) is 5.91 Å². The van der Waals surface area contributed by atoms with Crippen LogP contribution in [0.4, 0.5) is 0 Å². The second-order valence-electron chi connectivity index (χ2n) is 4.67. The first-order chi connectivity index (χ1) is 9.10. The molecular weight excluding hydrogens is 266 g/mol. The van der Waals surface area contributed by atoms with Gasteiger partial charge in [0.05, 0.1) is 19.6 Å². The highest BCUT2D eigenvalue weighted by molar-refractivity contribution is 6.30. The van der Waals surface area contributed by atoms with Crippen molar-refractivity contribution in [1.29, 1.82) is 0 Å². The van der Waals surface area contributed by atoms with E-state index in [0.29, 0.717) is 5.02 Å². The van der Waals surface area contributed by atoms with Crippen LogP contribution in [0, 0.1) is 5.92 Å². The molecule has 0 aliphatic heterocycles. The normalized spacial score (nSPS) is 15.7. The van der Waals surface area contributed by atoms with Crippen molar-refractivity contribution < 1.29 is 14.3 Å². The minimum Gasteiger partial charge on any atom is -0.469 e. The predicted molar refractivity (Wildman–Crippen MR) is 71.7 cm³/mol. The highest BCUT2D eigenvalue weighted by Crippen LogP contribution is 2.30. The van der Waals surface area contributed by atoms with Gasteiger partial charge in [0, 0.05) is 10.9 Å². The molecule has 1 saturated carbocycles. The number of halogens is 1. The molecule has 0 radical (unpaired) electrons. The highest BCUT2D eigenvalue weighted by Gasteiger charge is 2.31. The summed E-state index contributed by atoms with van der Waals surface area (Å²) in [5.74, 6) is -0.243. The number of ether oxygens (including phenoxy) is 1. The molecule has 102 valence electrons. The second kappa shape index (κ2) is 6.06. The van der Waals surface area contributed by atoms with Crippen molar-refractivity contribution in [3.8, 4) is 0 Å². The second-order valence-corrected chi connectivity index (χ2v) is 5.10. The van der Waals surface area contributed by atoms with Crippen LogP contribution in [0.3, 0.4) is 0 Å². The molecule has 1 amide bonds. The number of amides is 1. The first-order valence-corrected chi connectivity index (χ1v) is 6.60. The van der Waals surface area contributed by atoms with Crippen LogP contribution in [0.2, 0.25) is 5.02 Å². The molecule has 0 heterocycles. The number of esters is 1. The molecule has 1 aliphatic rings. The Bertz CT molecular complexity index is 468. The zero-order chi connectivity index (χ0) is 13.8. The predicted octanol–water partition coefficient (Wildman–Crippen LogP) is 2.47. The Kier molecular flexibility index (Phi) is 4.43. The Morgan fingerprint density at radius 2 is 2.00 bits per heavy atom. The third-order valence-electron chi connectivity index (χ3n) is 3.14. The van der Waals surface area contributed by atoms with Gasteiger partial charge < -0.3 is 10.1 Å². The lowest BCUT2D eigenvalue weighted by molar-refractivity contribution is -0.141. The van der Waals surface area contributed by atoms with Gasteiger partial charge in [-0.25, -0.2) is 0 Å². The first kappa shape index (κ1) is 13.9. The minimum absolute atomic E-state index is 0.00357. The third-order valence-corrected chi connectivity index (χ3v) is 3.39. The summed E-state index contributed by atoms with van der Waals surface area (Å²) in [4.78, 5) is 23.3. The Hall–Kier alpha value is -1.55. The largest absolute Gasteiger partial charge is 0.469 e. The van der Waals surface area contributed by atoms with E-state index in [1.165, 1.54) is 7.11 Å². The van der Waals surface area contributed by atoms with Crippen molar-refractivity contribution in [1.82, 2.24) is 5.32 Å². The molecule has 0 spiro atoms. The maximum atomic E-state index is 11.8. The molecule has 1 aromatic rings. The molecule has 0 aromatic heterocycles. The molecule has 1 atom stereocenters. The maximum absolute atomic E-state index is 11.8. The van der Waals surface area contributed by atoms with Crippen molar-refractivity contribution >= 4 is 23.5 Å². The Labute approximate surface area is 117 Å². The summed E-state index contributed by atoms with van der Waals surface area (Å²) in [5.41, 5.74) is 0.851. The monoisotopic (exact) mass is 281 g/mol. The fraction of sp³-hybridized carbons (Fsp3) is 0.429. The van der Waals surface area contributed by atoms with Crippen LogP contribution in [0.25, 0.3) is 0 Å². The van der Waals surface area contributed by atoms with Gasteiger partial charge in [-0.2, -0.15) is 0 Å². The fourth-order valence-electron chi connectivity index (χ4n) is 1.83. The van der Waals surface area contributed by atoms with E-state index in [9.17, 15) is 9.59 Å². The van der Waals surface area contributed by atoms with Crippen molar-refractivity contribution in [2.24, 2.45) is 5.92 Å². The van der Waals surface area contributed by atoms with Crippen molar-refractivity contribution in [2.45, 2.75) is 25.3 Å². The quantitative estimate of drug-likeness (QED) is 0.844. The zero-order valence-corrected chi connectivity index (χ0v) is 11.4. The molecule has 1 aromatic carbocycles. The van der Waals surface area contributed by atoms with E-state index in [1.807, 2.05) is 12.1 Å². The van der Waals surface area contributed by atoms with Crippen LogP contribution in [0.1, 0.15) is 30.9 Å². The van der Waals surface area contributed by atoms with Gasteiger partial charge in [0.1, 0.15) is 0 Å². The third kappa shape index (κ3) is 3.96. The van der Waals surface area contributed by atoms with Gasteiger partial charge in [-0.05, 0) is 30.5 Å². The summed E-state index contributed by atoms with van der Waals surface area (Å²) < 4.78 is 4.67. The minimum atomic E-state index is -0.363. The van der Waals surface area contributed by atoms with Crippen LogP contribution in [-0.2, 0) is 14.3 Å². The van der Waals surface area contributed by atoms with Crippen LogP contribution in [0.5, 0.6) is 0 Å². The lowest BCUT2D eigenvalue weighted by Gasteiger charge is -2.18. The number of rotatable bonds is 5. The summed E-state index contributed by atoms with van der Waals surface area (Å²) >= 11 is 5.84. The van der Waals surface area contributed by atoms with E-state index < -0.39 is 0 Å². The Morgan fingerprint density at radius 3 is 2.53 bits per heavy atom. The average molecular weight is 282 g/mol. The zero-order valence-electron chi connectivity index (χ0n) is 10.7. The Balaban J connectivity index is 2.09. The van der Waals surface area contributed by atoms with E-state index in [-0.39, 0.29) is 30.3 Å². The molecule has 0 bridgehead atoms. The molecule has 2 rings (SSSR count). The lowest BCUT2D eigenvalue weighted by atomic mass is 10.0. The average Bonchev–Trinajstić information content (AvgIpc) is 3.23. The van der Waals surface area contributed by atoms with E-state index in [1.54, 1.807) is 12.1 Å². The van der Waals surface area contributed by atoms with Crippen molar-refractivity contribution in [3.05, 3.63) is 34.9 Å². The van der Waals surface area contributed by atoms with Crippen LogP contribution in [0.15, 0.2) is 24.3 Å². The van der Waals surface area contributed by atoms with E-state index in [2.05, 4.69) is 10.1 Å². The van der Waals surface area contributed by atoms with Crippen LogP contribution < -0.4 is 5.32 Å². The summed E-state index contributed by atoms with van der Waals surface area (Å²) in [5, 5.41) is 3.52. The SMILES string of the molecule is COC(=O)C[C@@H](NC(=O)C1CC1)c1ccc(Cl)cc1. The molecule has 0 unspecified atom stereocenters. The Morgan fingerprint density at radius 1 is 1.37 bits per heavy atom. The van der Waals surface area contributed by atoms with Gasteiger partial charge in [-0.15, -0.1) is 0 Å². The molecule has 1 fully saturated rings. The van der Waals surface area contributed by atoms with E-state index >= 15 is 0 Å². The van der Waals surface area contributed by atoms with Gasteiger partial charge in [0.15, 0.2) is 0 Å². The summed E-state index contributed by atoms with van der Waals surface area (Å²) in [6.45, 7) is 0. The molecule has 1 aliphatic carbocycles. The number of methoxy groups -OCH3 is 1. The van der Waals surface area contributed by atoms with E-state index in [4.69, 9.17) is 11.6 Å². The molecule has 0 saturated heterocycles. The summed E-state index contributed by atoms with van der Waals surface area (Å²) in [6, 6.07) is 6.74. The summed E-state index contributed by atoms with van der Waals surface area (Å²) in [6.07, 6.45) is 1.98. The number of nitrogens with one attached hydrogen (secondary N) is 1. The number of benzene rings is 1. The number of hydrogen-bond donors (Lipinski definition) is 1. The maximum Gasteiger partial charge on any atom is 0.307 e. The molecule has 1 N–H and O–H groups in total. The van der Waals surface area contributed by atoms with Gasteiger partial charge in [-0.1, -0.05) is 23.7 Å². The lowest BCUT2D eigenvalue weighted by Crippen LogP contribution is -2.31. The van der Waals surface area contributed by atoms with Gasteiger partial charge in [0.25, 0.3) is 0 Å². The van der Waals surface area contributed by atoms with Gasteiger partial charge >= 0.3 is 5.97 Å². The number of hydrogen-bond acceptors (Lipinski definition) is 3. The van der Waals surface area contributed by atoms with Gasteiger partial charge in [-0.3, -0.25) is 9.59 Å². The van der Waals surface area contributed by atoms with Crippen molar-refractivity contribution in [2.75, 3.05) is 7.11 Å². The number of carbonyl (C=O) groups is 2. The topological polar surface area (TPSA) is 55.4 Å². The highest BCUT2D eigenvalue weighted by atomic mass is 35.5. The number of carbonyl (C=O) groups excluding carboxylic acids is 2. The standard InChI is InChI=1S/C14H16ClNO3/c1-19-13(17)8-12(16-14(18)10-2-3-10)9-4-6-11(15)7-5-9/h4-7,10,12H,2-3,8H2,1H3,(H,16,18)/t12-/m1/s1. The molecule has 19 heavy (non-hydrogen) atoms. The van der Waals surface area contributed by atoms with Crippen LogP contribution in [-0.4, -0.2) is 19.0 Å². The fourth-order valence-corrected chi connectivity index (χ4v) is 1.96. The molecule has 4 nitrogen and oxygen atoms in total. The molecular formula is C14H16ClNO3. The summed E-state index contributed by atoms with van der Waals surface area (Å²) in [7, 11) is 1.34. The first-order valence-electron chi connectivity index (χ1n) is 6.23. The van der Waals surface area contributed by atoms with Crippen LogP contribution >= 0.6 is 11.6 Å². The molecule has 5 heteroatoms. The van der Waals surface area contributed by atoms with E-state index in [0.717, 1.165) is 18.4 Å². The smallest absolute Gasteiger partial charge is 0.307 e. The van der Waals surface area contributed by atoms with Crippen molar-refractivity contribution in [3.63, 3.8) is 0 Å².